The Morgan fingerprint density at radius 1 is 1.31 bits per heavy atom. The van der Waals surface area contributed by atoms with E-state index in [4.69, 9.17) is 10.2 Å². The Balaban J connectivity index is 1.92. The van der Waals surface area contributed by atoms with Gasteiger partial charge in [0.05, 0.1) is 6.26 Å². The number of nitrogens with two attached hydrogens (primary N) is 1. The lowest BCUT2D eigenvalue weighted by Crippen LogP contribution is -2.20. The number of hydrogen-bond donors (Lipinski definition) is 1. The SMILES string of the molecule is NCC1CCC(c2ccco2)CC1. The van der Waals surface area contributed by atoms with Gasteiger partial charge in [0, 0.05) is 5.92 Å². The molecule has 0 radical (unpaired) electrons. The fraction of sp³-hybridized carbons (Fsp3) is 0.636. The first-order valence-electron chi connectivity index (χ1n) is 5.13. The molecule has 0 saturated heterocycles. The first kappa shape index (κ1) is 8.82. The topological polar surface area (TPSA) is 39.2 Å². The van der Waals surface area contributed by atoms with Crippen molar-refractivity contribution < 1.29 is 4.42 Å². The molecule has 1 aromatic heterocycles. The average Bonchev–Trinajstić information content (AvgIpc) is 2.71. The summed E-state index contributed by atoms with van der Waals surface area (Å²) in [5, 5.41) is 0. The van der Waals surface area contributed by atoms with Crippen LogP contribution in [0.5, 0.6) is 0 Å². The van der Waals surface area contributed by atoms with Gasteiger partial charge in [0.15, 0.2) is 0 Å². The van der Waals surface area contributed by atoms with Crippen LogP contribution in [0.4, 0.5) is 0 Å². The van der Waals surface area contributed by atoms with Gasteiger partial charge in [-0.1, -0.05) is 0 Å². The fourth-order valence-electron chi connectivity index (χ4n) is 2.21. The molecule has 2 nitrogen and oxygen atoms in total. The van der Waals surface area contributed by atoms with E-state index in [9.17, 15) is 0 Å². The molecule has 0 aliphatic heterocycles. The van der Waals surface area contributed by atoms with Gasteiger partial charge in [-0.05, 0) is 50.3 Å². The van der Waals surface area contributed by atoms with E-state index in [2.05, 4.69) is 6.07 Å². The Morgan fingerprint density at radius 3 is 2.62 bits per heavy atom. The van der Waals surface area contributed by atoms with Crippen LogP contribution in [0.2, 0.25) is 0 Å². The van der Waals surface area contributed by atoms with Gasteiger partial charge in [-0.15, -0.1) is 0 Å². The van der Waals surface area contributed by atoms with Crippen LogP contribution in [0.1, 0.15) is 37.4 Å². The minimum atomic E-state index is 0.651. The number of furan rings is 1. The minimum absolute atomic E-state index is 0.651. The Bertz CT molecular complexity index is 235. The second-order valence-electron chi connectivity index (χ2n) is 3.97. The third-order valence-corrected chi connectivity index (χ3v) is 3.13. The number of hydrogen-bond acceptors (Lipinski definition) is 2. The Hall–Kier alpha value is -0.760. The molecule has 13 heavy (non-hydrogen) atoms. The van der Waals surface area contributed by atoms with E-state index in [0.717, 1.165) is 18.2 Å². The van der Waals surface area contributed by atoms with Gasteiger partial charge in [0.2, 0.25) is 0 Å². The predicted molar refractivity (Wildman–Crippen MR) is 52.5 cm³/mol. The first-order valence-corrected chi connectivity index (χ1v) is 5.13. The highest BCUT2D eigenvalue weighted by atomic mass is 16.3. The highest BCUT2D eigenvalue weighted by Gasteiger charge is 2.22. The zero-order valence-electron chi connectivity index (χ0n) is 7.91. The van der Waals surface area contributed by atoms with Crippen LogP contribution < -0.4 is 5.73 Å². The van der Waals surface area contributed by atoms with E-state index in [-0.39, 0.29) is 0 Å². The van der Waals surface area contributed by atoms with Crippen molar-refractivity contribution in [3.8, 4) is 0 Å². The van der Waals surface area contributed by atoms with Crippen LogP contribution in [0.3, 0.4) is 0 Å². The van der Waals surface area contributed by atoms with Gasteiger partial charge in [0.25, 0.3) is 0 Å². The first-order chi connectivity index (χ1) is 6.40. The van der Waals surface area contributed by atoms with Crippen molar-refractivity contribution in [2.75, 3.05) is 6.54 Å². The van der Waals surface area contributed by atoms with Crippen LogP contribution in [0.25, 0.3) is 0 Å². The second-order valence-corrected chi connectivity index (χ2v) is 3.97. The largest absolute Gasteiger partial charge is 0.469 e. The third kappa shape index (κ3) is 1.94. The maximum absolute atomic E-state index is 5.64. The second kappa shape index (κ2) is 3.97. The molecule has 0 amide bonds. The summed E-state index contributed by atoms with van der Waals surface area (Å²) in [7, 11) is 0. The van der Waals surface area contributed by atoms with Gasteiger partial charge in [-0.25, -0.2) is 0 Å². The smallest absolute Gasteiger partial charge is 0.106 e. The molecule has 0 unspecified atom stereocenters. The highest BCUT2D eigenvalue weighted by Crippen LogP contribution is 2.35. The molecule has 1 heterocycles. The molecule has 72 valence electrons. The van der Waals surface area contributed by atoms with Gasteiger partial charge >= 0.3 is 0 Å². The molecule has 1 aromatic rings. The summed E-state index contributed by atoms with van der Waals surface area (Å²) in [6, 6.07) is 4.07. The summed E-state index contributed by atoms with van der Waals surface area (Å²) in [4.78, 5) is 0. The quantitative estimate of drug-likeness (QED) is 0.757. The van der Waals surface area contributed by atoms with Crippen molar-refractivity contribution >= 4 is 0 Å². The molecule has 1 aliphatic rings. The van der Waals surface area contributed by atoms with Gasteiger partial charge < -0.3 is 10.2 Å². The van der Waals surface area contributed by atoms with Crippen molar-refractivity contribution in [3.05, 3.63) is 24.2 Å². The van der Waals surface area contributed by atoms with Gasteiger partial charge in [-0.3, -0.25) is 0 Å². The van der Waals surface area contributed by atoms with Crippen molar-refractivity contribution in [2.45, 2.75) is 31.6 Å². The minimum Gasteiger partial charge on any atom is -0.469 e. The summed E-state index contributed by atoms with van der Waals surface area (Å²) in [5.74, 6) is 2.57. The summed E-state index contributed by atoms with van der Waals surface area (Å²) < 4.78 is 5.41. The monoisotopic (exact) mass is 179 g/mol. The van der Waals surface area contributed by atoms with Crippen LogP contribution >= 0.6 is 0 Å². The number of rotatable bonds is 2. The lowest BCUT2D eigenvalue weighted by atomic mass is 9.81. The Labute approximate surface area is 79.1 Å². The molecular weight excluding hydrogens is 162 g/mol. The van der Waals surface area contributed by atoms with Crippen molar-refractivity contribution in [3.63, 3.8) is 0 Å². The normalized spacial score (nSPS) is 29.0. The van der Waals surface area contributed by atoms with Crippen LogP contribution in [-0.4, -0.2) is 6.54 Å². The predicted octanol–water partition coefficient (Wildman–Crippen LogP) is 2.51. The molecule has 0 spiro atoms. The lowest BCUT2D eigenvalue weighted by molar-refractivity contribution is 0.303. The van der Waals surface area contributed by atoms with Crippen LogP contribution in [0.15, 0.2) is 22.8 Å². The van der Waals surface area contributed by atoms with Crippen LogP contribution in [-0.2, 0) is 0 Å². The molecule has 0 bridgehead atoms. The summed E-state index contributed by atoms with van der Waals surface area (Å²) in [5.41, 5.74) is 5.64. The van der Waals surface area contributed by atoms with E-state index < -0.39 is 0 Å². The van der Waals surface area contributed by atoms with Gasteiger partial charge in [0.1, 0.15) is 5.76 Å². The van der Waals surface area contributed by atoms with Gasteiger partial charge in [-0.2, -0.15) is 0 Å². The standard InChI is InChI=1S/C11H17NO/c12-8-9-3-5-10(6-4-9)11-2-1-7-13-11/h1-2,7,9-10H,3-6,8,12H2. The van der Waals surface area contributed by atoms with E-state index >= 15 is 0 Å². The maximum Gasteiger partial charge on any atom is 0.106 e. The summed E-state index contributed by atoms with van der Waals surface area (Å²) in [6.07, 6.45) is 6.79. The zero-order valence-corrected chi connectivity index (χ0v) is 7.91. The molecule has 1 saturated carbocycles. The molecular formula is C11H17NO. The summed E-state index contributed by atoms with van der Waals surface area (Å²) in [6.45, 7) is 0.852. The lowest BCUT2D eigenvalue weighted by Gasteiger charge is -2.26. The summed E-state index contributed by atoms with van der Waals surface area (Å²) >= 11 is 0. The van der Waals surface area contributed by atoms with Crippen LogP contribution in [0, 0.1) is 5.92 Å². The molecule has 2 heteroatoms. The molecule has 0 atom stereocenters. The van der Waals surface area contributed by atoms with E-state index in [1.165, 1.54) is 25.7 Å². The molecule has 1 fully saturated rings. The molecule has 2 rings (SSSR count). The Kier molecular flexibility index (Phi) is 2.69. The fourth-order valence-corrected chi connectivity index (χ4v) is 2.21. The zero-order chi connectivity index (χ0) is 9.10. The molecule has 0 aromatic carbocycles. The average molecular weight is 179 g/mol. The molecule has 2 N–H and O–H groups in total. The Morgan fingerprint density at radius 2 is 2.08 bits per heavy atom. The third-order valence-electron chi connectivity index (χ3n) is 3.13. The van der Waals surface area contributed by atoms with E-state index in [1.54, 1.807) is 6.26 Å². The molecule has 1 aliphatic carbocycles. The van der Waals surface area contributed by atoms with E-state index in [0.29, 0.717) is 5.92 Å². The maximum atomic E-state index is 5.64. The van der Waals surface area contributed by atoms with E-state index in [1.807, 2.05) is 6.07 Å². The highest BCUT2D eigenvalue weighted by molar-refractivity contribution is 5.06. The van der Waals surface area contributed by atoms with Crippen molar-refractivity contribution in [2.24, 2.45) is 11.7 Å². The van der Waals surface area contributed by atoms with Crippen molar-refractivity contribution in [1.29, 1.82) is 0 Å². The van der Waals surface area contributed by atoms with Crippen molar-refractivity contribution in [1.82, 2.24) is 0 Å².